The molecule has 0 heterocycles. The average Bonchev–Trinajstić information content (AvgIpc) is 2.66. The van der Waals surface area contributed by atoms with Gasteiger partial charge in [0.15, 0.2) is 6.10 Å². The van der Waals surface area contributed by atoms with Crippen LogP contribution in [0.4, 0.5) is 8.78 Å². The third-order valence-corrected chi connectivity index (χ3v) is 4.25. The van der Waals surface area contributed by atoms with E-state index < -0.39 is 35.5 Å². The first-order chi connectivity index (χ1) is 13.8. The molecule has 0 aliphatic heterocycles. The molecular weight excluding hydrogens is 406 g/mol. The summed E-state index contributed by atoms with van der Waals surface area (Å²) in [5, 5.41) is 5.44. The number of carbonyl (C=O) groups is 3. The fraction of sp³-hybridized carbons (Fsp3) is 0.250. The van der Waals surface area contributed by atoms with Crippen molar-refractivity contribution in [2.45, 2.75) is 26.0 Å². The largest absolute Gasteiger partial charge is 0.452 e. The van der Waals surface area contributed by atoms with E-state index in [1.807, 2.05) is 0 Å². The highest BCUT2D eigenvalue weighted by Crippen LogP contribution is 2.14. The van der Waals surface area contributed by atoms with Gasteiger partial charge in [-0.05, 0) is 30.7 Å². The highest BCUT2D eigenvalue weighted by molar-refractivity contribution is 6.31. The van der Waals surface area contributed by atoms with Crippen LogP contribution in [0.5, 0.6) is 0 Å². The summed E-state index contributed by atoms with van der Waals surface area (Å²) in [5.74, 6) is -3.82. The topological polar surface area (TPSA) is 84.5 Å². The van der Waals surface area contributed by atoms with E-state index in [0.29, 0.717) is 11.1 Å². The predicted molar refractivity (Wildman–Crippen MR) is 102 cm³/mol. The maximum Gasteiger partial charge on any atom is 0.308 e. The molecule has 0 saturated heterocycles. The van der Waals surface area contributed by atoms with Gasteiger partial charge in [-0.25, -0.2) is 8.78 Å². The zero-order valence-electron chi connectivity index (χ0n) is 15.5. The minimum absolute atomic E-state index is 0.136. The Kier molecular flexibility index (Phi) is 8.09. The van der Waals surface area contributed by atoms with E-state index >= 15 is 0 Å². The van der Waals surface area contributed by atoms with Crippen LogP contribution in [0.1, 0.15) is 29.3 Å². The van der Waals surface area contributed by atoms with E-state index in [1.165, 1.54) is 6.92 Å². The summed E-state index contributed by atoms with van der Waals surface area (Å²) in [4.78, 5) is 35.7. The number of halogens is 3. The normalized spacial score (nSPS) is 11.4. The minimum atomic E-state index is -1.05. The number of nitrogens with one attached hydrogen (secondary N) is 2. The summed E-state index contributed by atoms with van der Waals surface area (Å²) in [6.07, 6.45) is -1.27. The fourth-order valence-electron chi connectivity index (χ4n) is 2.32. The third kappa shape index (κ3) is 6.83. The van der Waals surface area contributed by atoms with E-state index in [-0.39, 0.29) is 25.1 Å². The first-order valence-corrected chi connectivity index (χ1v) is 9.09. The molecule has 0 saturated carbocycles. The van der Waals surface area contributed by atoms with Crippen LogP contribution < -0.4 is 10.6 Å². The van der Waals surface area contributed by atoms with Crippen molar-refractivity contribution in [3.05, 3.63) is 70.2 Å². The number of ether oxygens (including phenoxy) is 1. The molecule has 0 bridgehead atoms. The van der Waals surface area contributed by atoms with Gasteiger partial charge in [-0.3, -0.25) is 14.4 Å². The van der Waals surface area contributed by atoms with E-state index in [2.05, 4.69) is 10.6 Å². The molecule has 0 aromatic heterocycles. The molecule has 0 aliphatic rings. The molecule has 9 heteroatoms. The molecule has 2 aromatic rings. The Morgan fingerprint density at radius 2 is 1.83 bits per heavy atom. The Balaban J connectivity index is 1.73. The van der Waals surface area contributed by atoms with Crippen LogP contribution in [0.2, 0.25) is 5.02 Å². The van der Waals surface area contributed by atoms with Gasteiger partial charge in [0.1, 0.15) is 11.6 Å². The van der Waals surface area contributed by atoms with Gasteiger partial charge < -0.3 is 15.4 Å². The summed E-state index contributed by atoms with van der Waals surface area (Å²) >= 11 is 6.00. The van der Waals surface area contributed by atoms with E-state index in [0.717, 1.165) is 17.7 Å². The fourth-order valence-corrected chi connectivity index (χ4v) is 2.53. The quantitative estimate of drug-likeness (QED) is 0.638. The molecule has 0 fully saturated rings. The Morgan fingerprint density at radius 1 is 1.10 bits per heavy atom. The van der Waals surface area contributed by atoms with Crippen LogP contribution in [0.15, 0.2) is 42.5 Å². The van der Waals surface area contributed by atoms with Gasteiger partial charge in [0.25, 0.3) is 11.8 Å². The van der Waals surface area contributed by atoms with Crippen molar-refractivity contribution in [3.8, 4) is 0 Å². The van der Waals surface area contributed by atoms with E-state index in [4.69, 9.17) is 16.3 Å². The van der Waals surface area contributed by atoms with Crippen LogP contribution in [0.25, 0.3) is 0 Å². The molecule has 6 nitrogen and oxygen atoms in total. The van der Waals surface area contributed by atoms with Crippen LogP contribution in [-0.2, 0) is 20.9 Å². The third-order valence-electron chi connectivity index (χ3n) is 3.88. The van der Waals surface area contributed by atoms with Gasteiger partial charge >= 0.3 is 5.97 Å². The summed E-state index contributed by atoms with van der Waals surface area (Å²) in [7, 11) is 0. The van der Waals surface area contributed by atoms with Crippen molar-refractivity contribution in [2.75, 3.05) is 6.54 Å². The van der Waals surface area contributed by atoms with Crippen LogP contribution >= 0.6 is 11.6 Å². The number of rotatable bonds is 8. The number of amides is 2. The Hall–Kier alpha value is -3.00. The second kappa shape index (κ2) is 10.5. The molecule has 154 valence electrons. The van der Waals surface area contributed by atoms with Crippen molar-refractivity contribution >= 4 is 29.4 Å². The highest BCUT2D eigenvalue weighted by atomic mass is 35.5. The number of hydrogen-bond donors (Lipinski definition) is 2. The predicted octanol–water partition coefficient (Wildman–Crippen LogP) is 2.99. The molecule has 1 unspecified atom stereocenters. The second-order valence-electron chi connectivity index (χ2n) is 6.07. The lowest BCUT2D eigenvalue weighted by atomic mass is 10.2. The number of benzene rings is 2. The number of esters is 1. The molecule has 2 rings (SSSR count). The SMILES string of the molecule is CC(OC(=O)CCNC(=O)c1ccc(F)cc1F)C(=O)NCc1ccccc1Cl. The summed E-state index contributed by atoms with van der Waals surface area (Å²) < 4.78 is 31.4. The lowest BCUT2D eigenvalue weighted by Crippen LogP contribution is -2.36. The molecule has 2 N–H and O–H groups in total. The van der Waals surface area contributed by atoms with Crippen molar-refractivity contribution < 1.29 is 27.9 Å². The average molecular weight is 425 g/mol. The van der Waals surface area contributed by atoms with Crippen LogP contribution in [0, 0.1) is 11.6 Å². The molecule has 2 aromatic carbocycles. The molecule has 2 amide bonds. The van der Waals surface area contributed by atoms with Gasteiger partial charge in [-0.15, -0.1) is 0 Å². The first-order valence-electron chi connectivity index (χ1n) is 8.71. The Bertz CT molecular complexity index is 908. The maximum absolute atomic E-state index is 13.5. The molecule has 1 atom stereocenters. The van der Waals surface area contributed by atoms with Crippen molar-refractivity contribution in [2.24, 2.45) is 0 Å². The zero-order valence-corrected chi connectivity index (χ0v) is 16.3. The molecule has 0 spiro atoms. The second-order valence-corrected chi connectivity index (χ2v) is 6.48. The van der Waals surface area contributed by atoms with Gasteiger partial charge in [-0.2, -0.15) is 0 Å². The Labute approximate surface area is 171 Å². The standard InChI is InChI=1S/C20H19ClF2N2O4/c1-12(19(27)25-11-13-4-2-3-5-16(13)21)29-18(26)8-9-24-20(28)15-7-6-14(22)10-17(15)23/h2-7,10,12H,8-9,11H2,1H3,(H,24,28)(H,25,27). The van der Waals surface area contributed by atoms with Crippen molar-refractivity contribution in [1.29, 1.82) is 0 Å². The van der Waals surface area contributed by atoms with Gasteiger partial charge in [0.2, 0.25) is 0 Å². The Morgan fingerprint density at radius 3 is 2.52 bits per heavy atom. The molecule has 0 radical (unpaired) electrons. The first kappa shape index (κ1) is 22.3. The van der Waals surface area contributed by atoms with Gasteiger partial charge in [0, 0.05) is 24.2 Å². The zero-order chi connectivity index (χ0) is 21.4. The lowest BCUT2D eigenvalue weighted by Gasteiger charge is -2.14. The minimum Gasteiger partial charge on any atom is -0.452 e. The highest BCUT2D eigenvalue weighted by Gasteiger charge is 2.18. The summed E-state index contributed by atoms with van der Waals surface area (Å²) in [5.41, 5.74) is 0.379. The van der Waals surface area contributed by atoms with Gasteiger partial charge in [0.05, 0.1) is 12.0 Å². The summed E-state index contributed by atoms with van der Waals surface area (Å²) in [6.45, 7) is 1.45. The van der Waals surface area contributed by atoms with Gasteiger partial charge in [-0.1, -0.05) is 29.8 Å². The summed E-state index contributed by atoms with van der Waals surface area (Å²) in [6, 6.07) is 9.54. The smallest absolute Gasteiger partial charge is 0.308 e. The molecular formula is C20H19ClF2N2O4. The number of hydrogen-bond acceptors (Lipinski definition) is 4. The van der Waals surface area contributed by atoms with Crippen molar-refractivity contribution in [3.63, 3.8) is 0 Å². The van der Waals surface area contributed by atoms with Crippen molar-refractivity contribution in [1.82, 2.24) is 10.6 Å². The van der Waals surface area contributed by atoms with Crippen LogP contribution in [0.3, 0.4) is 0 Å². The van der Waals surface area contributed by atoms with E-state index in [9.17, 15) is 23.2 Å². The van der Waals surface area contributed by atoms with E-state index in [1.54, 1.807) is 24.3 Å². The maximum atomic E-state index is 13.5. The molecule has 0 aliphatic carbocycles. The molecule has 29 heavy (non-hydrogen) atoms. The van der Waals surface area contributed by atoms with Crippen LogP contribution in [-0.4, -0.2) is 30.4 Å². The lowest BCUT2D eigenvalue weighted by molar-refractivity contribution is -0.154. The number of carbonyl (C=O) groups excluding carboxylic acids is 3. The monoisotopic (exact) mass is 424 g/mol.